The molecule has 0 unspecified atom stereocenters. The topological polar surface area (TPSA) is 57.5 Å². The van der Waals surface area contributed by atoms with Gasteiger partial charge in [0.05, 0.1) is 0 Å². The van der Waals surface area contributed by atoms with Gasteiger partial charge in [-0.3, -0.25) is 4.57 Å². The maximum absolute atomic E-state index is 10.5. The highest BCUT2D eigenvalue weighted by atomic mass is 31.2. The van der Waals surface area contributed by atoms with Crippen molar-refractivity contribution < 1.29 is 14.4 Å². The third-order valence-corrected chi connectivity index (χ3v) is 3.58. The minimum absolute atomic E-state index is 0.754. The lowest BCUT2D eigenvalue weighted by molar-refractivity contribution is 0.386. The lowest BCUT2D eigenvalue weighted by Gasteiger charge is -2.01. The molecule has 0 saturated heterocycles. The first kappa shape index (κ1) is 16.2. The summed E-state index contributed by atoms with van der Waals surface area (Å²) in [7, 11) is -3.95. The second-order valence-corrected chi connectivity index (χ2v) is 6.24. The molecule has 19 heavy (non-hydrogen) atoms. The largest absolute Gasteiger partial charge is 0.348 e. The van der Waals surface area contributed by atoms with Gasteiger partial charge in [0.1, 0.15) is 0 Å². The van der Waals surface area contributed by atoms with Crippen LogP contribution in [0.25, 0.3) is 0 Å². The molecule has 2 N–H and O–H groups in total. The maximum atomic E-state index is 10.5. The molecular weight excluding hydrogens is 259 g/mol. The van der Waals surface area contributed by atoms with E-state index in [9.17, 15) is 4.57 Å². The average molecular weight is 282 g/mol. The summed E-state index contributed by atoms with van der Waals surface area (Å²) in [5, 5.41) is 0. The first-order valence-electron chi connectivity index (χ1n) is 6.85. The molecule has 4 heteroatoms. The summed E-state index contributed by atoms with van der Waals surface area (Å²) in [6.45, 7) is 0. The van der Waals surface area contributed by atoms with Crippen LogP contribution in [-0.4, -0.2) is 9.79 Å². The van der Waals surface area contributed by atoms with E-state index in [1.54, 1.807) is 6.08 Å². The van der Waals surface area contributed by atoms with Crippen LogP contribution in [0.15, 0.2) is 42.2 Å². The van der Waals surface area contributed by atoms with E-state index in [-0.39, 0.29) is 0 Å². The zero-order valence-corrected chi connectivity index (χ0v) is 12.1. The molecular formula is C15H23O3P. The van der Waals surface area contributed by atoms with Gasteiger partial charge in [-0.25, -0.2) is 0 Å². The normalized spacial score (nSPS) is 12.1. The summed E-state index contributed by atoms with van der Waals surface area (Å²) in [5.41, 5.74) is 1.40. The van der Waals surface area contributed by atoms with Crippen molar-refractivity contribution in [1.82, 2.24) is 0 Å². The predicted molar refractivity (Wildman–Crippen MR) is 79.0 cm³/mol. The molecule has 0 spiro atoms. The fourth-order valence-corrected chi connectivity index (χ4v) is 2.40. The number of hydrogen-bond donors (Lipinski definition) is 2. The molecule has 0 amide bonds. The van der Waals surface area contributed by atoms with Crippen molar-refractivity contribution >= 4 is 7.60 Å². The highest BCUT2D eigenvalue weighted by Gasteiger charge is 2.04. The van der Waals surface area contributed by atoms with Gasteiger partial charge in [-0.15, -0.1) is 0 Å². The minimum Gasteiger partial charge on any atom is -0.321 e. The molecule has 0 bridgehead atoms. The first-order chi connectivity index (χ1) is 9.08. The van der Waals surface area contributed by atoms with Gasteiger partial charge < -0.3 is 9.79 Å². The fourth-order valence-electron chi connectivity index (χ4n) is 1.98. The number of aryl methyl sites for hydroxylation is 1. The monoisotopic (exact) mass is 282 g/mol. The Kier molecular flexibility index (Phi) is 7.73. The van der Waals surface area contributed by atoms with E-state index in [2.05, 4.69) is 24.3 Å². The van der Waals surface area contributed by atoms with E-state index >= 15 is 0 Å². The molecule has 0 aromatic heterocycles. The lowest BCUT2D eigenvalue weighted by Crippen LogP contribution is -1.85. The zero-order chi connectivity index (χ0) is 14.0. The first-order valence-corrected chi connectivity index (χ1v) is 8.53. The molecule has 0 heterocycles. The Morgan fingerprint density at radius 3 is 2.26 bits per heavy atom. The Bertz CT molecular complexity index is 409. The summed E-state index contributed by atoms with van der Waals surface area (Å²) in [6, 6.07) is 10.5. The van der Waals surface area contributed by atoms with Crippen LogP contribution in [0.2, 0.25) is 0 Å². The standard InChI is InChI=1S/C15H23O3P/c16-19(17,18)14-10-5-3-1-2-4-7-11-15-12-8-6-9-13-15/h6,8-10,12-14H,1-5,7,11H2,(H2,16,17,18). The van der Waals surface area contributed by atoms with Gasteiger partial charge in [-0.05, 0) is 31.2 Å². The van der Waals surface area contributed by atoms with E-state index in [0.717, 1.165) is 31.5 Å². The van der Waals surface area contributed by atoms with Gasteiger partial charge >= 0.3 is 7.60 Å². The van der Waals surface area contributed by atoms with E-state index < -0.39 is 7.60 Å². The third kappa shape index (κ3) is 9.66. The molecule has 106 valence electrons. The molecule has 0 aliphatic heterocycles. The van der Waals surface area contributed by atoms with Crippen molar-refractivity contribution in [3.05, 3.63) is 47.8 Å². The molecule has 1 aromatic carbocycles. The SMILES string of the molecule is O=P(O)(O)C=CCCCCCCCc1ccccc1. The van der Waals surface area contributed by atoms with E-state index in [1.165, 1.54) is 24.8 Å². The molecule has 3 nitrogen and oxygen atoms in total. The van der Waals surface area contributed by atoms with Crippen LogP contribution < -0.4 is 0 Å². The van der Waals surface area contributed by atoms with E-state index in [1.807, 2.05) is 6.07 Å². The quantitative estimate of drug-likeness (QED) is 0.525. The summed E-state index contributed by atoms with van der Waals surface area (Å²) in [5.74, 6) is 1.00. The van der Waals surface area contributed by atoms with Crippen LogP contribution in [0.1, 0.15) is 44.1 Å². The van der Waals surface area contributed by atoms with Crippen LogP contribution in [0.4, 0.5) is 0 Å². The van der Waals surface area contributed by atoms with Crippen LogP contribution in [0.3, 0.4) is 0 Å². The van der Waals surface area contributed by atoms with Crippen molar-refractivity contribution in [3.8, 4) is 0 Å². The van der Waals surface area contributed by atoms with Crippen LogP contribution >= 0.6 is 7.60 Å². The fraction of sp³-hybridized carbons (Fsp3) is 0.467. The third-order valence-electron chi connectivity index (χ3n) is 2.98. The second kappa shape index (κ2) is 9.08. The smallest absolute Gasteiger partial charge is 0.321 e. The molecule has 0 atom stereocenters. The molecule has 0 radical (unpaired) electrons. The van der Waals surface area contributed by atoms with Crippen molar-refractivity contribution in [1.29, 1.82) is 0 Å². The lowest BCUT2D eigenvalue weighted by atomic mass is 10.1. The predicted octanol–water partition coefficient (Wildman–Crippen LogP) is 4.26. The van der Waals surface area contributed by atoms with Gasteiger partial charge in [-0.1, -0.05) is 55.7 Å². The molecule has 0 fully saturated rings. The van der Waals surface area contributed by atoms with Crippen molar-refractivity contribution in [2.45, 2.75) is 44.9 Å². The van der Waals surface area contributed by atoms with Crippen LogP contribution in [0.5, 0.6) is 0 Å². The number of allylic oxidation sites excluding steroid dienone is 1. The molecule has 1 rings (SSSR count). The number of hydrogen-bond acceptors (Lipinski definition) is 1. The Morgan fingerprint density at radius 2 is 1.58 bits per heavy atom. The van der Waals surface area contributed by atoms with Gasteiger partial charge in [0.25, 0.3) is 0 Å². The Morgan fingerprint density at radius 1 is 0.947 bits per heavy atom. The molecule has 0 aliphatic rings. The highest BCUT2D eigenvalue weighted by molar-refractivity contribution is 7.55. The Labute approximate surface area is 115 Å². The van der Waals surface area contributed by atoms with Gasteiger partial charge in [0.2, 0.25) is 0 Å². The van der Waals surface area contributed by atoms with Crippen LogP contribution in [-0.2, 0) is 11.0 Å². The molecule has 1 aromatic rings. The average Bonchev–Trinajstić information content (AvgIpc) is 2.37. The van der Waals surface area contributed by atoms with Crippen molar-refractivity contribution in [2.24, 2.45) is 0 Å². The summed E-state index contributed by atoms with van der Waals surface area (Å²) in [6.07, 6.45) is 9.23. The van der Waals surface area contributed by atoms with Gasteiger partial charge in [-0.2, -0.15) is 0 Å². The highest BCUT2D eigenvalue weighted by Crippen LogP contribution is 2.36. The second-order valence-electron chi connectivity index (χ2n) is 4.77. The molecule has 0 saturated carbocycles. The number of rotatable bonds is 9. The minimum atomic E-state index is -3.95. The van der Waals surface area contributed by atoms with Crippen LogP contribution in [0, 0.1) is 0 Å². The number of unbranched alkanes of at least 4 members (excludes halogenated alkanes) is 5. The Balaban J connectivity index is 1.95. The number of benzene rings is 1. The maximum Gasteiger partial charge on any atom is 0.348 e. The summed E-state index contributed by atoms with van der Waals surface area (Å²) in [4.78, 5) is 17.2. The summed E-state index contributed by atoms with van der Waals surface area (Å²) < 4.78 is 10.5. The van der Waals surface area contributed by atoms with E-state index in [0.29, 0.717) is 0 Å². The van der Waals surface area contributed by atoms with Crippen molar-refractivity contribution in [2.75, 3.05) is 0 Å². The zero-order valence-electron chi connectivity index (χ0n) is 11.2. The van der Waals surface area contributed by atoms with Gasteiger partial charge in [0.15, 0.2) is 0 Å². The van der Waals surface area contributed by atoms with Crippen molar-refractivity contribution in [3.63, 3.8) is 0 Å². The van der Waals surface area contributed by atoms with E-state index in [4.69, 9.17) is 9.79 Å². The molecule has 0 aliphatic carbocycles. The summed E-state index contributed by atoms with van der Waals surface area (Å²) >= 11 is 0. The van der Waals surface area contributed by atoms with Gasteiger partial charge in [0, 0.05) is 5.82 Å². The Hall–Kier alpha value is -0.890.